The molecule has 1 fully saturated rings. The molecule has 1 saturated heterocycles. The summed E-state index contributed by atoms with van der Waals surface area (Å²) in [4.78, 5) is 19.4. The molecule has 0 radical (unpaired) electrons. The van der Waals surface area contributed by atoms with Crippen LogP contribution in [0.1, 0.15) is 5.56 Å². The second-order valence-corrected chi connectivity index (χ2v) is 9.00. The van der Waals surface area contributed by atoms with Crippen molar-refractivity contribution < 1.29 is 0 Å². The van der Waals surface area contributed by atoms with Gasteiger partial charge in [-0.05, 0) is 47.7 Å². The molecule has 0 spiro atoms. The van der Waals surface area contributed by atoms with Gasteiger partial charge in [-0.2, -0.15) is 0 Å². The van der Waals surface area contributed by atoms with Gasteiger partial charge in [-0.15, -0.1) is 11.3 Å². The Morgan fingerprint density at radius 3 is 2.78 bits per heavy atom. The zero-order chi connectivity index (χ0) is 18.2. The van der Waals surface area contributed by atoms with Gasteiger partial charge in [-0.3, -0.25) is 9.69 Å². The van der Waals surface area contributed by atoms with Crippen LogP contribution in [-0.4, -0.2) is 42.6 Å². The first-order valence-electron chi connectivity index (χ1n) is 9.31. The van der Waals surface area contributed by atoms with Crippen molar-refractivity contribution in [2.75, 3.05) is 37.6 Å². The normalized spacial score (nSPS) is 15.8. The number of nitrogens with one attached hydrogen (secondary N) is 1. The predicted octanol–water partition coefficient (Wildman–Crippen LogP) is 4.17. The van der Waals surface area contributed by atoms with Gasteiger partial charge in [-0.1, -0.05) is 23.5 Å². The molecular formula is C21H21N3OS2. The highest BCUT2D eigenvalue weighted by Gasteiger charge is 2.18. The van der Waals surface area contributed by atoms with Crippen LogP contribution in [0, 0.1) is 0 Å². The fourth-order valence-electron chi connectivity index (χ4n) is 3.90. The number of aromatic nitrogens is 1. The van der Waals surface area contributed by atoms with E-state index in [-0.39, 0.29) is 4.87 Å². The fraction of sp³-hybridized carbons (Fsp3) is 0.286. The Labute approximate surface area is 165 Å². The van der Waals surface area contributed by atoms with E-state index in [0.29, 0.717) is 0 Å². The molecule has 0 bridgehead atoms. The van der Waals surface area contributed by atoms with Crippen LogP contribution in [0.5, 0.6) is 0 Å². The van der Waals surface area contributed by atoms with E-state index in [9.17, 15) is 4.79 Å². The Balaban J connectivity index is 1.21. The Morgan fingerprint density at radius 2 is 1.89 bits per heavy atom. The number of aromatic amines is 1. The third kappa shape index (κ3) is 3.40. The lowest BCUT2D eigenvalue weighted by atomic mass is 10.1. The SMILES string of the molecule is O=c1[nH]c2ccc(CCN3CCN(c4cccc5sccc45)CC3)cc2s1. The number of benzene rings is 2. The Kier molecular flexibility index (Phi) is 4.47. The number of fused-ring (bicyclic) bond motifs is 2. The van der Waals surface area contributed by atoms with Crippen molar-refractivity contribution in [1.82, 2.24) is 9.88 Å². The van der Waals surface area contributed by atoms with Gasteiger partial charge in [0, 0.05) is 48.5 Å². The topological polar surface area (TPSA) is 39.3 Å². The monoisotopic (exact) mass is 395 g/mol. The Morgan fingerprint density at radius 1 is 1.00 bits per heavy atom. The van der Waals surface area contributed by atoms with Gasteiger partial charge in [0.25, 0.3) is 0 Å². The molecule has 0 aliphatic carbocycles. The number of thiophene rings is 1. The van der Waals surface area contributed by atoms with Crippen molar-refractivity contribution in [3.63, 3.8) is 0 Å². The maximum Gasteiger partial charge on any atom is 0.305 e. The summed E-state index contributed by atoms with van der Waals surface area (Å²) in [7, 11) is 0. The van der Waals surface area contributed by atoms with E-state index in [1.165, 1.54) is 32.7 Å². The van der Waals surface area contributed by atoms with E-state index in [2.05, 4.69) is 56.6 Å². The standard InChI is InChI=1S/C21H21N3OS2/c25-21-22-17-5-4-15(14-20(17)27-21)6-8-23-9-11-24(12-10-23)18-2-1-3-19-16(18)7-13-26-19/h1-5,7,13-14H,6,8-12H2,(H,22,25). The molecule has 4 nitrogen and oxygen atoms in total. The molecule has 0 saturated carbocycles. The largest absolute Gasteiger partial charge is 0.368 e. The number of rotatable bonds is 4. The molecule has 3 heterocycles. The number of hydrogen-bond acceptors (Lipinski definition) is 5. The highest BCUT2D eigenvalue weighted by atomic mass is 32.1. The summed E-state index contributed by atoms with van der Waals surface area (Å²) in [6.07, 6.45) is 1.03. The van der Waals surface area contributed by atoms with Crippen molar-refractivity contribution in [2.45, 2.75) is 6.42 Å². The summed E-state index contributed by atoms with van der Waals surface area (Å²) >= 11 is 3.11. The molecule has 0 unspecified atom stereocenters. The number of thiazole rings is 1. The molecule has 2 aromatic carbocycles. The molecular weight excluding hydrogens is 374 g/mol. The molecule has 5 rings (SSSR count). The summed E-state index contributed by atoms with van der Waals surface area (Å²) in [5.74, 6) is 0. The van der Waals surface area contributed by atoms with Gasteiger partial charge >= 0.3 is 4.87 Å². The molecule has 2 aromatic heterocycles. The first kappa shape index (κ1) is 17.0. The number of hydrogen-bond donors (Lipinski definition) is 1. The number of nitrogens with zero attached hydrogens (tertiary/aromatic N) is 2. The molecule has 138 valence electrons. The average Bonchev–Trinajstić information content (AvgIpc) is 3.31. The lowest BCUT2D eigenvalue weighted by molar-refractivity contribution is 0.261. The van der Waals surface area contributed by atoms with E-state index in [0.717, 1.165) is 49.4 Å². The van der Waals surface area contributed by atoms with Crippen molar-refractivity contribution in [3.8, 4) is 0 Å². The highest BCUT2D eigenvalue weighted by molar-refractivity contribution is 7.17. The van der Waals surface area contributed by atoms with Crippen LogP contribution in [0.2, 0.25) is 0 Å². The third-order valence-corrected chi connectivity index (χ3v) is 7.12. The fourth-order valence-corrected chi connectivity index (χ4v) is 5.51. The van der Waals surface area contributed by atoms with Gasteiger partial charge < -0.3 is 9.88 Å². The molecule has 0 amide bonds. The highest BCUT2D eigenvalue weighted by Crippen LogP contribution is 2.31. The van der Waals surface area contributed by atoms with Crippen molar-refractivity contribution >= 4 is 48.7 Å². The maximum atomic E-state index is 11.5. The minimum Gasteiger partial charge on any atom is -0.368 e. The first-order chi connectivity index (χ1) is 13.3. The van der Waals surface area contributed by atoms with E-state index in [1.54, 1.807) is 0 Å². The molecule has 6 heteroatoms. The van der Waals surface area contributed by atoms with E-state index < -0.39 is 0 Å². The summed E-state index contributed by atoms with van der Waals surface area (Å²) in [6.45, 7) is 5.42. The van der Waals surface area contributed by atoms with Crippen LogP contribution in [0.4, 0.5) is 5.69 Å². The zero-order valence-electron chi connectivity index (χ0n) is 15.0. The summed E-state index contributed by atoms with van der Waals surface area (Å²) in [6, 6.07) is 15.2. The average molecular weight is 396 g/mol. The number of H-pyrrole nitrogens is 1. The van der Waals surface area contributed by atoms with Crippen LogP contribution in [0.25, 0.3) is 20.3 Å². The zero-order valence-corrected chi connectivity index (χ0v) is 16.6. The summed E-state index contributed by atoms with van der Waals surface area (Å²) in [5.41, 5.74) is 3.63. The van der Waals surface area contributed by atoms with E-state index in [1.807, 2.05) is 17.4 Å². The molecule has 27 heavy (non-hydrogen) atoms. The minimum atomic E-state index is 0.0268. The van der Waals surface area contributed by atoms with Crippen molar-refractivity contribution in [1.29, 1.82) is 0 Å². The van der Waals surface area contributed by atoms with Crippen LogP contribution in [0.3, 0.4) is 0 Å². The molecule has 0 atom stereocenters. The molecule has 4 aromatic rings. The van der Waals surface area contributed by atoms with Gasteiger partial charge in [0.15, 0.2) is 0 Å². The van der Waals surface area contributed by atoms with Gasteiger partial charge in [0.05, 0.1) is 10.2 Å². The maximum absolute atomic E-state index is 11.5. The second-order valence-electron chi connectivity index (χ2n) is 7.03. The number of anilines is 1. The summed E-state index contributed by atoms with van der Waals surface area (Å²) in [5, 5.41) is 3.57. The predicted molar refractivity (Wildman–Crippen MR) is 117 cm³/mol. The van der Waals surface area contributed by atoms with E-state index in [4.69, 9.17) is 0 Å². The van der Waals surface area contributed by atoms with Gasteiger partial charge in [-0.25, -0.2) is 0 Å². The molecule has 1 N–H and O–H groups in total. The van der Waals surface area contributed by atoms with E-state index >= 15 is 0 Å². The number of piperazine rings is 1. The second kappa shape index (κ2) is 7.11. The van der Waals surface area contributed by atoms with Crippen LogP contribution < -0.4 is 9.77 Å². The lowest BCUT2D eigenvalue weighted by Gasteiger charge is -2.36. The third-order valence-electron chi connectivity index (χ3n) is 5.39. The first-order valence-corrected chi connectivity index (χ1v) is 11.0. The van der Waals surface area contributed by atoms with Gasteiger partial charge in [0.1, 0.15) is 0 Å². The Bertz CT molecular complexity index is 1130. The van der Waals surface area contributed by atoms with Gasteiger partial charge in [0.2, 0.25) is 0 Å². The molecule has 1 aliphatic heterocycles. The molecule has 1 aliphatic rings. The van der Waals surface area contributed by atoms with Crippen LogP contribution >= 0.6 is 22.7 Å². The smallest absolute Gasteiger partial charge is 0.305 e. The quantitative estimate of drug-likeness (QED) is 0.564. The van der Waals surface area contributed by atoms with Crippen molar-refractivity contribution in [2.24, 2.45) is 0 Å². The lowest BCUT2D eigenvalue weighted by Crippen LogP contribution is -2.47. The van der Waals surface area contributed by atoms with Crippen LogP contribution in [-0.2, 0) is 6.42 Å². The summed E-state index contributed by atoms with van der Waals surface area (Å²) < 4.78 is 2.43. The van der Waals surface area contributed by atoms with Crippen molar-refractivity contribution in [3.05, 3.63) is 63.1 Å². The Hall–Kier alpha value is -2.15. The van der Waals surface area contributed by atoms with Crippen LogP contribution in [0.15, 0.2) is 52.6 Å². The minimum absolute atomic E-state index is 0.0268.